The van der Waals surface area contributed by atoms with E-state index in [4.69, 9.17) is 4.74 Å². The van der Waals surface area contributed by atoms with Crippen LogP contribution in [0.3, 0.4) is 0 Å². The third-order valence-electron chi connectivity index (χ3n) is 5.61. The fraction of sp³-hybridized carbons (Fsp3) is 0.308. The molecule has 2 aromatic carbocycles. The van der Waals surface area contributed by atoms with Crippen LogP contribution >= 0.6 is 0 Å². The van der Waals surface area contributed by atoms with Gasteiger partial charge in [0.15, 0.2) is 5.75 Å². The number of pyridine rings is 1. The molecule has 8 heteroatoms. The molecule has 0 unspecified atom stereocenters. The highest BCUT2D eigenvalue weighted by molar-refractivity contribution is 5.97. The average molecular weight is 470 g/mol. The number of amides is 1. The molecule has 0 aliphatic heterocycles. The largest absolute Gasteiger partial charge is 0.455 e. The van der Waals surface area contributed by atoms with E-state index in [0.29, 0.717) is 24.8 Å². The summed E-state index contributed by atoms with van der Waals surface area (Å²) in [5.74, 6) is 0.208. The number of carbonyl (C=O) groups is 1. The summed E-state index contributed by atoms with van der Waals surface area (Å²) in [4.78, 5) is 17.3. The lowest BCUT2D eigenvalue weighted by atomic mass is 10.0. The van der Waals surface area contributed by atoms with Gasteiger partial charge in [-0.05, 0) is 68.5 Å². The maximum absolute atomic E-state index is 13.1. The minimum atomic E-state index is -4.50. The molecule has 1 amide bonds. The van der Waals surface area contributed by atoms with Gasteiger partial charge < -0.3 is 15.4 Å². The van der Waals surface area contributed by atoms with Crippen molar-refractivity contribution in [2.24, 2.45) is 0 Å². The number of alkyl halides is 3. The van der Waals surface area contributed by atoms with Crippen molar-refractivity contribution in [1.82, 2.24) is 10.3 Å². The number of rotatable bonds is 8. The molecule has 4 rings (SSSR count). The summed E-state index contributed by atoms with van der Waals surface area (Å²) in [5.41, 5.74) is 2.84. The lowest BCUT2D eigenvalue weighted by Crippen LogP contribution is -2.26. The van der Waals surface area contributed by atoms with Crippen molar-refractivity contribution in [2.45, 2.75) is 45.3 Å². The van der Waals surface area contributed by atoms with Gasteiger partial charge in [-0.1, -0.05) is 29.8 Å². The lowest BCUT2D eigenvalue weighted by Gasteiger charge is -2.15. The Morgan fingerprint density at radius 1 is 1.12 bits per heavy atom. The van der Waals surface area contributed by atoms with E-state index >= 15 is 0 Å². The molecule has 0 spiro atoms. The molecule has 3 aromatic rings. The first kappa shape index (κ1) is 23.6. The summed E-state index contributed by atoms with van der Waals surface area (Å²) in [6.07, 6.45) is -0.420. The predicted molar refractivity (Wildman–Crippen MR) is 124 cm³/mol. The number of nitrogens with one attached hydrogen (secondary N) is 2. The topological polar surface area (TPSA) is 63.2 Å². The van der Waals surface area contributed by atoms with E-state index in [-0.39, 0.29) is 23.0 Å². The Bertz CT molecular complexity index is 1190. The zero-order chi connectivity index (χ0) is 24.3. The summed E-state index contributed by atoms with van der Waals surface area (Å²) in [7, 11) is 0. The van der Waals surface area contributed by atoms with Crippen molar-refractivity contribution in [3.05, 3.63) is 82.5 Å². The van der Waals surface area contributed by atoms with Crippen molar-refractivity contribution in [3.8, 4) is 11.5 Å². The van der Waals surface area contributed by atoms with Crippen LogP contribution in [0.4, 0.5) is 19.0 Å². The third kappa shape index (κ3) is 6.07. The summed E-state index contributed by atoms with van der Waals surface area (Å²) in [6.45, 7) is 4.46. The first-order chi connectivity index (χ1) is 16.2. The maximum Gasteiger partial charge on any atom is 0.416 e. The van der Waals surface area contributed by atoms with Gasteiger partial charge in [0.25, 0.3) is 5.91 Å². The van der Waals surface area contributed by atoms with E-state index < -0.39 is 11.7 Å². The number of carbonyl (C=O) groups excluding carboxylic acids is 1. The van der Waals surface area contributed by atoms with Gasteiger partial charge in [0.05, 0.1) is 17.3 Å². The van der Waals surface area contributed by atoms with E-state index in [1.807, 2.05) is 26.0 Å². The van der Waals surface area contributed by atoms with Gasteiger partial charge in [-0.25, -0.2) is 4.98 Å². The molecule has 0 saturated heterocycles. The summed E-state index contributed by atoms with van der Waals surface area (Å²) in [5, 5.41) is 6.12. The van der Waals surface area contributed by atoms with Crippen LogP contribution in [0.25, 0.3) is 0 Å². The van der Waals surface area contributed by atoms with Gasteiger partial charge in [-0.3, -0.25) is 4.79 Å². The number of hydrogen-bond donors (Lipinski definition) is 2. The van der Waals surface area contributed by atoms with Crippen molar-refractivity contribution < 1.29 is 22.7 Å². The second-order valence-electron chi connectivity index (χ2n) is 8.55. The quantitative estimate of drug-likeness (QED) is 0.421. The fourth-order valence-corrected chi connectivity index (χ4v) is 3.61. The molecular formula is C26H26F3N3O2. The van der Waals surface area contributed by atoms with Gasteiger partial charge in [0.2, 0.25) is 0 Å². The first-order valence-electron chi connectivity index (χ1n) is 11.1. The molecule has 1 aliphatic rings. The molecule has 1 heterocycles. The summed E-state index contributed by atoms with van der Waals surface area (Å²) < 4.78 is 44.9. The molecule has 1 aromatic heterocycles. The Morgan fingerprint density at radius 3 is 2.62 bits per heavy atom. The van der Waals surface area contributed by atoms with Crippen molar-refractivity contribution >= 4 is 11.7 Å². The summed E-state index contributed by atoms with van der Waals surface area (Å²) >= 11 is 0. The van der Waals surface area contributed by atoms with Crippen LogP contribution in [0, 0.1) is 13.8 Å². The van der Waals surface area contributed by atoms with Crippen LogP contribution < -0.4 is 15.4 Å². The molecule has 0 bridgehead atoms. The van der Waals surface area contributed by atoms with Crippen LogP contribution in [0.2, 0.25) is 0 Å². The van der Waals surface area contributed by atoms with E-state index in [0.717, 1.165) is 36.1 Å². The Hall–Kier alpha value is -3.55. The molecular weight excluding hydrogens is 443 g/mol. The minimum Gasteiger partial charge on any atom is -0.455 e. The van der Waals surface area contributed by atoms with Crippen LogP contribution in [-0.4, -0.2) is 23.5 Å². The molecule has 0 radical (unpaired) electrons. The van der Waals surface area contributed by atoms with Crippen molar-refractivity contribution in [1.29, 1.82) is 0 Å². The zero-order valence-corrected chi connectivity index (χ0v) is 19.0. The number of halogens is 3. The average Bonchev–Trinajstić information content (AvgIpc) is 3.60. The Labute approximate surface area is 196 Å². The number of anilines is 1. The number of benzene rings is 2. The first-order valence-corrected chi connectivity index (χ1v) is 11.1. The van der Waals surface area contributed by atoms with E-state index in [1.165, 1.54) is 23.9 Å². The highest BCUT2D eigenvalue weighted by Crippen LogP contribution is 2.34. The number of hydrogen-bond acceptors (Lipinski definition) is 4. The molecule has 0 atom stereocenters. The van der Waals surface area contributed by atoms with Gasteiger partial charge in [0, 0.05) is 12.6 Å². The number of aromatic nitrogens is 1. The maximum atomic E-state index is 13.1. The second-order valence-corrected chi connectivity index (χ2v) is 8.55. The van der Waals surface area contributed by atoms with Gasteiger partial charge in [0.1, 0.15) is 11.6 Å². The Balaban J connectivity index is 1.52. The number of nitrogens with zero attached hydrogens (tertiary/aromatic N) is 1. The SMILES string of the molecule is Cc1ccc(CCNC(=O)c2cc(NC3CC3)ncc2Oc2cccc(C(F)(F)F)c2)c(C)c1. The Morgan fingerprint density at radius 2 is 1.91 bits per heavy atom. The van der Waals surface area contributed by atoms with Crippen LogP contribution in [-0.2, 0) is 12.6 Å². The van der Waals surface area contributed by atoms with Gasteiger partial charge >= 0.3 is 6.18 Å². The van der Waals surface area contributed by atoms with E-state index in [9.17, 15) is 18.0 Å². The second kappa shape index (κ2) is 9.75. The normalized spacial score (nSPS) is 13.4. The molecule has 1 saturated carbocycles. The third-order valence-corrected chi connectivity index (χ3v) is 5.61. The van der Waals surface area contributed by atoms with Gasteiger partial charge in [-0.15, -0.1) is 0 Å². The lowest BCUT2D eigenvalue weighted by molar-refractivity contribution is -0.137. The molecule has 2 N–H and O–H groups in total. The van der Waals surface area contributed by atoms with Crippen molar-refractivity contribution in [2.75, 3.05) is 11.9 Å². The minimum absolute atomic E-state index is 0.0242. The van der Waals surface area contributed by atoms with Crippen LogP contribution in [0.1, 0.15) is 45.5 Å². The number of ether oxygens (including phenoxy) is 1. The van der Waals surface area contributed by atoms with Crippen LogP contribution in [0.5, 0.6) is 11.5 Å². The Kier molecular flexibility index (Phi) is 6.77. The molecule has 34 heavy (non-hydrogen) atoms. The monoisotopic (exact) mass is 469 g/mol. The zero-order valence-electron chi connectivity index (χ0n) is 19.0. The smallest absolute Gasteiger partial charge is 0.416 e. The molecule has 1 aliphatic carbocycles. The predicted octanol–water partition coefficient (Wildman–Crippen LogP) is 6.06. The van der Waals surface area contributed by atoms with Crippen LogP contribution in [0.15, 0.2) is 54.7 Å². The molecule has 5 nitrogen and oxygen atoms in total. The standard InChI is InChI=1S/C26H26F3N3O2/c1-16-6-7-18(17(2)12-16)10-11-30-25(33)22-14-24(32-20-8-9-20)31-15-23(22)34-21-5-3-4-19(13-21)26(27,28)29/h3-7,12-15,20H,8-11H2,1-2H3,(H,30,33)(H,31,32). The number of aryl methyl sites for hydroxylation is 2. The van der Waals surface area contributed by atoms with Gasteiger partial charge in [-0.2, -0.15) is 13.2 Å². The summed E-state index contributed by atoms with van der Waals surface area (Å²) in [6, 6.07) is 12.6. The van der Waals surface area contributed by atoms with E-state index in [2.05, 4.69) is 21.7 Å². The highest BCUT2D eigenvalue weighted by Gasteiger charge is 2.31. The van der Waals surface area contributed by atoms with E-state index in [1.54, 1.807) is 6.07 Å². The molecule has 178 valence electrons. The highest BCUT2D eigenvalue weighted by atomic mass is 19.4. The molecule has 1 fully saturated rings. The fourth-order valence-electron chi connectivity index (χ4n) is 3.61. The van der Waals surface area contributed by atoms with Crippen molar-refractivity contribution in [3.63, 3.8) is 0 Å².